The van der Waals surface area contributed by atoms with Gasteiger partial charge in [-0.05, 0) is 29.9 Å². The average molecular weight is 213 g/mol. The third kappa shape index (κ3) is 1.81. The lowest BCUT2D eigenvalue weighted by Gasteiger charge is -2.06. The number of benzene rings is 1. The Labute approximate surface area is 94.9 Å². The zero-order valence-corrected chi connectivity index (χ0v) is 9.13. The minimum Gasteiger partial charge on any atom is -0.369 e. The molecule has 1 aliphatic carbocycles. The molecule has 0 saturated heterocycles. The maximum Gasteiger partial charge on any atom is 0.200 e. The maximum atomic E-state index is 5.75. The molecule has 3 heteroatoms. The van der Waals surface area contributed by atoms with Crippen LogP contribution in [-0.4, -0.2) is 9.55 Å². The molecule has 1 aromatic heterocycles. The summed E-state index contributed by atoms with van der Waals surface area (Å²) < 4.78 is 1.96. The topological polar surface area (TPSA) is 43.8 Å². The highest BCUT2D eigenvalue weighted by molar-refractivity contribution is 5.30. The number of hydrogen-bond acceptors (Lipinski definition) is 2. The van der Waals surface area contributed by atoms with Crippen LogP contribution in [0.2, 0.25) is 0 Å². The third-order valence-electron chi connectivity index (χ3n) is 3.10. The van der Waals surface area contributed by atoms with E-state index in [4.69, 9.17) is 5.73 Å². The van der Waals surface area contributed by atoms with Gasteiger partial charge in [-0.25, -0.2) is 4.98 Å². The van der Waals surface area contributed by atoms with Crippen LogP contribution in [0.3, 0.4) is 0 Å². The first kappa shape index (κ1) is 9.46. The van der Waals surface area contributed by atoms with Crippen molar-refractivity contribution in [2.24, 2.45) is 0 Å². The monoisotopic (exact) mass is 213 g/mol. The van der Waals surface area contributed by atoms with Gasteiger partial charge in [-0.15, -0.1) is 0 Å². The molecule has 0 aliphatic heterocycles. The van der Waals surface area contributed by atoms with Crippen LogP contribution >= 0.6 is 0 Å². The van der Waals surface area contributed by atoms with Gasteiger partial charge in [0.05, 0.1) is 6.54 Å². The molecule has 1 heterocycles. The highest BCUT2D eigenvalue weighted by Crippen LogP contribution is 2.40. The number of nitrogens with two attached hydrogens (primary N) is 1. The van der Waals surface area contributed by atoms with E-state index >= 15 is 0 Å². The summed E-state index contributed by atoms with van der Waals surface area (Å²) in [7, 11) is 0. The molecule has 0 atom stereocenters. The molecule has 0 unspecified atom stereocenters. The summed E-state index contributed by atoms with van der Waals surface area (Å²) in [5.74, 6) is 1.39. The number of nitrogen functional groups attached to an aromatic ring is 1. The Balaban J connectivity index is 1.84. The Morgan fingerprint density at radius 1 is 1.38 bits per heavy atom. The summed E-state index contributed by atoms with van der Waals surface area (Å²) in [5, 5.41) is 0. The lowest BCUT2D eigenvalue weighted by atomic mass is 10.1. The molecule has 16 heavy (non-hydrogen) atoms. The van der Waals surface area contributed by atoms with Crippen molar-refractivity contribution in [3.63, 3.8) is 0 Å². The van der Waals surface area contributed by atoms with Crippen molar-refractivity contribution in [1.29, 1.82) is 0 Å². The van der Waals surface area contributed by atoms with Crippen molar-refractivity contribution in [2.75, 3.05) is 5.73 Å². The molecule has 1 aliphatic rings. The number of imidazole rings is 1. The highest BCUT2D eigenvalue weighted by atomic mass is 15.1. The van der Waals surface area contributed by atoms with Crippen molar-refractivity contribution in [1.82, 2.24) is 9.55 Å². The summed E-state index contributed by atoms with van der Waals surface area (Å²) in [6.07, 6.45) is 6.34. The molecule has 2 aromatic rings. The van der Waals surface area contributed by atoms with Gasteiger partial charge in [0.2, 0.25) is 0 Å². The maximum absolute atomic E-state index is 5.75. The van der Waals surface area contributed by atoms with E-state index < -0.39 is 0 Å². The molecule has 0 amide bonds. The van der Waals surface area contributed by atoms with Crippen molar-refractivity contribution >= 4 is 5.95 Å². The Kier molecular flexibility index (Phi) is 2.17. The molecule has 1 saturated carbocycles. The Morgan fingerprint density at radius 2 is 2.25 bits per heavy atom. The van der Waals surface area contributed by atoms with E-state index in [-0.39, 0.29) is 0 Å². The standard InChI is InChI=1S/C13H15N3/c14-13-15-6-7-16(13)9-10-2-1-3-12(8-10)11-4-5-11/h1-3,6-8,11H,4-5,9H2,(H2,14,15). The molecule has 3 rings (SSSR count). The molecular weight excluding hydrogens is 198 g/mol. The van der Waals surface area contributed by atoms with E-state index in [0.717, 1.165) is 12.5 Å². The van der Waals surface area contributed by atoms with Gasteiger partial charge in [-0.2, -0.15) is 0 Å². The fourth-order valence-electron chi connectivity index (χ4n) is 2.03. The number of nitrogens with zero attached hydrogens (tertiary/aromatic N) is 2. The van der Waals surface area contributed by atoms with Crippen molar-refractivity contribution in [2.45, 2.75) is 25.3 Å². The van der Waals surface area contributed by atoms with E-state index in [0.29, 0.717) is 5.95 Å². The lowest BCUT2D eigenvalue weighted by Crippen LogP contribution is -2.03. The summed E-state index contributed by atoms with van der Waals surface area (Å²) in [5.41, 5.74) is 8.52. The molecule has 0 spiro atoms. The number of rotatable bonds is 3. The fourth-order valence-corrected chi connectivity index (χ4v) is 2.03. The number of aromatic nitrogens is 2. The molecule has 3 nitrogen and oxygen atoms in total. The summed E-state index contributed by atoms with van der Waals surface area (Å²) in [6, 6.07) is 8.79. The Bertz CT molecular complexity index is 497. The van der Waals surface area contributed by atoms with Gasteiger partial charge in [0.25, 0.3) is 0 Å². The van der Waals surface area contributed by atoms with Gasteiger partial charge in [-0.1, -0.05) is 24.3 Å². The third-order valence-corrected chi connectivity index (χ3v) is 3.10. The molecule has 0 bridgehead atoms. The fraction of sp³-hybridized carbons (Fsp3) is 0.308. The summed E-state index contributed by atoms with van der Waals surface area (Å²) in [6.45, 7) is 0.812. The first-order valence-corrected chi connectivity index (χ1v) is 5.68. The average Bonchev–Trinajstić information content (AvgIpc) is 3.06. The molecule has 0 radical (unpaired) electrons. The van der Waals surface area contributed by atoms with Gasteiger partial charge in [-0.3, -0.25) is 0 Å². The van der Waals surface area contributed by atoms with Crippen LogP contribution in [0, 0.1) is 0 Å². The van der Waals surface area contributed by atoms with Crippen molar-refractivity contribution < 1.29 is 0 Å². The Morgan fingerprint density at radius 3 is 2.94 bits per heavy atom. The van der Waals surface area contributed by atoms with E-state index in [1.165, 1.54) is 24.0 Å². The predicted octanol–water partition coefficient (Wildman–Crippen LogP) is 2.39. The van der Waals surface area contributed by atoms with Gasteiger partial charge in [0.1, 0.15) is 0 Å². The zero-order valence-electron chi connectivity index (χ0n) is 9.13. The minimum atomic E-state index is 0.580. The number of anilines is 1. The SMILES string of the molecule is Nc1nccn1Cc1cccc(C2CC2)c1. The lowest BCUT2D eigenvalue weighted by molar-refractivity contribution is 0.809. The molecule has 1 fully saturated rings. The second-order valence-corrected chi connectivity index (χ2v) is 4.43. The van der Waals surface area contributed by atoms with Crippen LogP contribution in [0.4, 0.5) is 5.95 Å². The molecule has 82 valence electrons. The van der Waals surface area contributed by atoms with E-state index in [9.17, 15) is 0 Å². The minimum absolute atomic E-state index is 0.580. The van der Waals surface area contributed by atoms with Gasteiger partial charge in [0.15, 0.2) is 5.95 Å². The summed E-state index contributed by atoms with van der Waals surface area (Å²) in [4.78, 5) is 4.02. The smallest absolute Gasteiger partial charge is 0.200 e. The van der Waals surface area contributed by atoms with Crippen molar-refractivity contribution in [3.8, 4) is 0 Å². The van der Waals surface area contributed by atoms with Crippen LogP contribution in [-0.2, 0) is 6.54 Å². The van der Waals surface area contributed by atoms with Gasteiger partial charge < -0.3 is 10.3 Å². The Hall–Kier alpha value is -1.77. The zero-order chi connectivity index (χ0) is 11.0. The van der Waals surface area contributed by atoms with Gasteiger partial charge >= 0.3 is 0 Å². The van der Waals surface area contributed by atoms with Crippen LogP contribution in [0.25, 0.3) is 0 Å². The van der Waals surface area contributed by atoms with Crippen LogP contribution in [0.5, 0.6) is 0 Å². The first-order valence-electron chi connectivity index (χ1n) is 5.68. The second kappa shape index (κ2) is 3.67. The first-order chi connectivity index (χ1) is 7.83. The second-order valence-electron chi connectivity index (χ2n) is 4.43. The largest absolute Gasteiger partial charge is 0.369 e. The van der Waals surface area contributed by atoms with Gasteiger partial charge in [0, 0.05) is 12.4 Å². The molecule has 1 aromatic carbocycles. The molecule has 2 N–H and O–H groups in total. The molecular formula is C13H15N3. The van der Waals surface area contributed by atoms with Crippen LogP contribution in [0.15, 0.2) is 36.7 Å². The number of hydrogen-bond donors (Lipinski definition) is 1. The predicted molar refractivity (Wildman–Crippen MR) is 64.2 cm³/mol. The van der Waals surface area contributed by atoms with E-state index in [1.807, 2.05) is 10.8 Å². The summed E-state index contributed by atoms with van der Waals surface area (Å²) >= 11 is 0. The van der Waals surface area contributed by atoms with Crippen LogP contribution in [0.1, 0.15) is 29.9 Å². The normalized spacial score (nSPS) is 15.2. The highest BCUT2D eigenvalue weighted by Gasteiger charge is 2.23. The quantitative estimate of drug-likeness (QED) is 0.850. The van der Waals surface area contributed by atoms with Crippen molar-refractivity contribution in [3.05, 3.63) is 47.8 Å². The van der Waals surface area contributed by atoms with Crippen LogP contribution < -0.4 is 5.73 Å². The van der Waals surface area contributed by atoms with E-state index in [2.05, 4.69) is 29.2 Å². The van der Waals surface area contributed by atoms with E-state index in [1.54, 1.807) is 6.20 Å².